The number of aromatic nitrogens is 3. The van der Waals surface area contributed by atoms with Gasteiger partial charge < -0.3 is 4.74 Å². The van der Waals surface area contributed by atoms with E-state index in [1.165, 1.54) is 16.8 Å². The van der Waals surface area contributed by atoms with Crippen LogP contribution in [0.1, 0.15) is 30.7 Å². The fraction of sp³-hybridized carbons (Fsp3) is 0.333. The second kappa shape index (κ2) is 7.12. The molecule has 0 N–H and O–H groups in total. The predicted molar refractivity (Wildman–Crippen MR) is 110 cm³/mol. The van der Waals surface area contributed by atoms with Gasteiger partial charge in [0, 0.05) is 21.9 Å². The minimum absolute atomic E-state index is 0.0432. The Morgan fingerprint density at radius 2 is 2.04 bits per heavy atom. The summed E-state index contributed by atoms with van der Waals surface area (Å²) in [6.07, 6.45) is 5.81. The van der Waals surface area contributed by atoms with Crippen LogP contribution < -0.4 is 0 Å². The minimum Gasteiger partial charge on any atom is -0.373 e. The second-order valence-corrected chi connectivity index (χ2v) is 8.76. The summed E-state index contributed by atoms with van der Waals surface area (Å²) in [6, 6.07) is 14.4. The van der Waals surface area contributed by atoms with Gasteiger partial charge in [-0.2, -0.15) is 5.10 Å². The van der Waals surface area contributed by atoms with Gasteiger partial charge in [0.2, 0.25) is 0 Å². The molecular weight excluding hydrogens is 437 g/mol. The molecule has 0 aliphatic heterocycles. The predicted octanol–water partition coefficient (Wildman–Crippen LogP) is 4.58. The lowest BCUT2D eigenvalue weighted by atomic mass is 9.74. The molecule has 4 nitrogen and oxygen atoms in total. The van der Waals surface area contributed by atoms with Gasteiger partial charge in [-0.25, -0.2) is 9.67 Å². The van der Waals surface area contributed by atoms with E-state index in [2.05, 4.69) is 76.9 Å². The third-order valence-corrected chi connectivity index (χ3v) is 5.74. The van der Waals surface area contributed by atoms with Gasteiger partial charge in [-0.15, -0.1) is 0 Å². The fourth-order valence-corrected chi connectivity index (χ4v) is 3.99. The van der Waals surface area contributed by atoms with E-state index in [0.29, 0.717) is 6.61 Å². The van der Waals surface area contributed by atoms with E-state index in [4.69, 9.17) is 4.74 Å². The van der Waals surface area contributed by atoms with Gasteiger partial charge >= 0.3 is 0 Å². The van der Waals surface area contributed by atoms with Gasteiger partial charge in [0.1, 0.15) is 0 Å². The molecule has 0 radical (unpaired) electrons. The first-order valence-electron chi connectivity index (χ1n) is 8.86. The maximum atomic E-state index is 6.32. The molecule has 2 aromatic heterocycles. The van der Waals surface area contributed by atoms with E-state index < -0.39 is 0 Å². The highest BCUT2D eigenvalue weighted by molar-refractivity contribution is 14.1. The summed E-state index contributed by atoms with van der Waals surface area (Å²) in [5.74, 6) is 0.887. The van der Waals surface area contributed by atoms with E-state index in [1.807, 2.05) is 29.2 Å². The standard InChI is InChI=1S/C21H22IN3O/c1-21(2)12-18-16(10-19(21)26-14-15-6-4-3-5-7-15)13-24-25(18)20-11-17(22)8-9-23-20/h3-9,11,13,19H,10,12,14H2,1-2H3. The monoisotopic (exact) mass is 459 g/mol. The van der Waals surface area contributed by atoms with Crippen LogP contribution in [0.2, 0.25) is 0 Å². The second-order valence-electron chi connectivity index (χ2n) is 7.52. The number of ether oxygens (including phenoxy) is 1. The summed E-state index contributed by atoms with van der Waals surface area (Å²) in [7, 11) is 0. The number of rotatable bonds is 4. The Kier molecular flexibility index (Phi) is 4.84. The maximum absolute atomic E-state index is 6.32. The molecule has 0 spiro atoms. The largest absolute Gasteiger partial charge is 0.373 e. The smallest absolute Gasteiger partial charge is 0.154 e. The number of benzene rings is 1. The van der Waals surface area contributed by atoms with E-state index in [0.717, 1.165) is 22.2 Å². The summed E-state index contributed by atoms with van der Waals surface area (Å²) in [4.78, 5) is 4.50. The Labute approximate surface area is 167 Å². The Hall–Kier alpha value is -1.73. The lowest BCUT2D eigenvalue weighted by molar-refractivity contribution is -0.0410. The number of fused-ring (bicyclic) bond motifs is 1. The fourth-order valence-electron chi connectivity index (χ4n) is 3.55. The first-order chi connectivity index (χ1) is 12.5. The van der Waals surface area contributed by atoms with Crippen molar-refractivity contribution in [2.75, 3.05) is 0 Å². The van der Waals surface area contributed by atoms with E-state index in [1.54, 1.807) is 0 Å². The van der Waals surface area contributed by atoms with Gasteiger partial charge in [0.25, 0.3) is 0 Å². The average molecular weight is 459 g/mol. The van der Waals surface area contributed by atoms with Gasteiger partial charge in [-0.3, -0.25) is 0 Å². The molecule has 134 valence electrons. The molecule has 0 fully saturated rings. The van der Waals surface area contributed by atoms with Crippen molar-refractivity contribution in [3.63, 3.8) is 0 Å². The Balaban J connectivity index is 1.57. The van der Waals surface area contributed by atoms with Crippen molar-refractivity contribution in [2.45, 2.75) is 39.4 Å². The zero-order valence-corrected chi connectivity index (χ0v) is 17.2. The molecule has 5 heteroatoms. The topological polar surface area (TPSA) is 39.9 Å². The van der Waals surface area contributed by atoms with Gasteiger partial charge in [-0.05, 0) is 57.7 Å². The minimum atomic E-state index is 0.0432. The van der Waals surface area contributed by atoms with Crippen molar-refractivity contribution in [3.8, 4) is 5.82 Å². The Morgan fingerprint density at radius 3 is 2.81 bits per heavy atom. The molecule has 1 aliphatic rings. The molecule has 26 heavy (non-hydrogen) atoms. The van der Waals surface area contributed by atoms with Crippen LogP contribution in [0.5, 0.6) is 0 Å². The van der Waals surface area contributed by atoms with Crippen molar-refractivity contribution in [1.29, 1.82) is 0 Å². The molecular formula is C21H22IN3O. The molecule has 4 rings (SSSR count). The highest BCUT2D eigenvalue weighted by atomic mass is 127. The van der Waals surface area contributed by atoms with Crippen LogP contribution in [0.4, 0.5) is 0 Å². The average Bonchev–Trinajstić information content (AvgIpc) is 3.02. The summed E-state index contributed by atoms with van der Waals surface area (Å²) in [6.45, 7) is 5.22. The van der Waals surface area contributed by atoms with Crippen molar-refractivity contribution in [3.05, 3.63) is 75.2 Å². The SMILES string of the molecule is CC1(C)Cc2c(cnn2-c2cc(I)ccn2)CC1OCc1ccccc1. The van der Waals surface area contributed by atoms with Gasteiger partial charge in [-0.1, -0.05) is 44.2 Å². The first-order valence-corrected chi connectivity index (χ1v) is 9.94. The highest BCUT2D eigenvalue weighted by Crippen LogP contribution is 2.38. The molecule has 2 heterocycles. The third kappa shape index (κ3) is 3.55. The van der Waals surface area contributed by atoms with Crippen molar-refractivity contribution in [1.82, 2.24) is 14.8 Å². The zero-order valence-electron chi connectivity index (χ0n) is 15.0. The summed E-state index contributed by atoms with van der Waals surface area (Å²) in [5, 5.41) is 4.62. The number of hydrogen-bond acceptors (Lipinski definition) is 3. The molecule has 1 unspecified atom stereocenters. The Morgan fingerprint density at radius 1 is 1.23 bits per heavy atom. The molecule has 1 atom stereocenters. The summed E-state index contributed by atoms with van der Waals surface area (Å²) >= 11 is 2.31. The van der Waals surface area contributed by atoms with Gasteiger partial charge in [0.05, 0.1) is 18.9 Å². The molecule has 0 bridgehead atoms. The van der Waals surface area contributed by atoms with Crippen LogP contribution in [0, 0.1) is 8.99 Å². The third-order valence-electron chi connectivity index (χ3n) is 5.07. The molecule has 1 aromatic carbocycles. The van der Waals surface area contributed by atoms with Crippen molar-refractivity contribution in [2.24, 2.45) is 5.41 Å². The molecule has 0 saturated heterocycles. The lowest BCUT2D eigenvalue weighted by Crippen LogP contribution is -2.40. The van der Waals surface area contributed by atoms with Crippen LogP contribution in [-0.2, 0) is 24.2 Å². The maximum Gasteiger partial charge on any atom is 0.154 e. The van der Waals surface area contributed by atoms with E-state index >= 15 is 0 Å². The van der Waals surface area contributed by atoms with Crippen molar-refractivity contribution < 1.29 is 4.74 Å². The van der Waals surface area contributed by atoms with Crippen LogP contribution in [0.25, 0.3) is 5.82 Å². The van der Waals surface area contributed by atoms with Crippen LogP contribution >= 0.6 is 22.6 Å². The zero-order chi connectivity index (χ0) is 18.1. The number of pyridine rings is 1. The molecule has 3 aromatic rings. The number of hydrogen-bond donors (Lipinski definition) is 0. The summed E-state index contributed by atoms with van der Waals surface area (Å²) in [5.41, 5.74) is 3.78. The Bertz CT molecular complexity index is 905. The van der Waals surface area contributed by atoms with Crippen LogP contribution in [0.15, 0.2) is 54.9 Å². The van der Waals surface area contributed by atoms with Crippen LogP contribution in [-0.4, -0.2) is 20.9 Å². The first kappa shape index (κ1) is 17.7. The molecule has 0 amide bonds. The molecule has 0 saturated carbocycles. The van der Waals surface area contributed by atoms with Gasteiger partial charge in [0.15, 0.2) is 5.82 Å². The lowest BCUT2D eigenvalue weighted by Gasteiger charge is -2.38. The van der Waals surface area contributed by atoms with E-state index in [9.17, 15) is 0 Å². The molecule has 1 aliphatic carbocycles. The quantitative estimate of drug-likeness (QED) is 0.537. The van der Waals surface area contributed by atoms with Crippen LogP contribution in [0.3, 0.4) is 0 Å². The highest BCUT2D eigenvalue weighted by Gasteiger charge is 2.38. The van der Waals surface area contributed by atoms with Crippen molar-refractivity contribution >= 4 is 22.6 Å². The number of halogens is 1. The normalized spacial score (nSPS) is 18.5. The van der Waals surface area contributed by atoms with E-state index in [-0.39, 0.29) is 11.5 Å². The summed E-state index contributed by atoms with van der Waals surface area (Å²) < 4.78 is 9.48. The number of nitrogens with zero attached hydrogens (tertiary/aromatic N) is 3.